The number of rotatable bonds is 1. The summed E-state index contributed by atoms with van der Waals surface area (Å²) in [4.78, 5) is 23.9. The van der Waals surface area contributed by atoms with Crippen molar-refractivity contribution in [3.63, 3.8) is 0 Å². The summed E-state index contributed by atoms with van der Waals surface area (Å²) in [6, 6.07) is 0. The Morgan fingerprint density at radius 2 is 2.29 bits per heavy atom. The molecule has 4 nitrogen and oxygen atoms in total. The summed E-state index contributed by atoms with van der Waals surface area (Å²) in [5, 5.41) is 0. The molecule has 0 spiro atoms. The van der Waals surface area contributed by atoms with Crippen LogP contribution in [0, 0.1) is 18.3 Å². The van der Waals surface area contributed by atoms with E-state index in [-0.39, 0.29) is 17.8 Å². The second-order valence-electron chi connectivity index (χ2n) is 3.26. The van der Waals surface area contributed by atoms with E-state index in [0.29, 0.717) is 13.1 Å². The Balaban J connectivity index is 2.57. The molecule has 0 radical (unpaired) electrons. The number of carbonyl (C=O) groups excluding carboxylic acids is 2. The summed E-state index contributed by atoms with van der Waals surface area (Å²) in [6.07, 6.45) is 6.56. The van der Waals surface area contributed by atoms with Crippen molar-refractivity contribution in [1.82, 2.24) is 4.90 Å². The molecule has 0 bridgehead atoms. The van der Waals surface area contributed by atoms with Crippen molar-refractivity contribution in [3.8, 4) is 12.3 Å². The zero-order chi connectivity index (χ0) is 10.6. The van der Waals surface area contributed by atoms with Gasteiger partial charge >= 0.3 is 5.97 Å². The van der Waals surface area contributed by atoms with Gasteiger partial charge in [0.2, 0.25) is 0 Å². The standard InChI is InChI=1S/C10H13NO3/c1-3-9(12)11-6-4-5-8(7-11)10(13)14-2/h1,8H,4-7H2,2H3/t8-/m0/s1. The van der Waals surface area contributed by atoms with Crippen LogP contribution in [0.3, 0.4) is 0 Å². The van der Waals surface area contributed by atoms with Crippen molar-refractivity contribution in [2.45, 2.75) is 12.8 Å². The summed E-state index contributed by atoms with van der Waals surface area (Å²) >= 11 is 0. The molecule has 14 heavy (non-hydrogen) atoms. The van der Waals surface area contributed by atoms with E-state index in [1.165, 1.54) is 12.0 Å². The summed E-state index contributed by atoms with van der Waals surface area (Å²) in [7, 11) is 1.35. The normalized spacial score (nSPS) is 21.1. The monoisotopic (exact) mass is 195 g/mol. The Labute approximate surface area is 83.2 Å². The van der Waals surface area contributed by atoms with Gasteiger partial charge in [-0.2, -0.15) is 0 Å². The van der Waals surface area contributed by atoms with Crippen LogP contribution in [0.1, 0.15) is 12.8 Å². The maximum atomic E-state index is 11.2. The SMILES string of the molecule is C#CC(=O)N1CCC[C@H](C(=O)OC)C1. The van der Waals surface area contributed by atoms with Crippen LogP contribution in [-0.2, 0) is 14.3 Å². The summed E-state index contributed by atoms with van der Waals surface area (Å²) in [5.41, 5.74) is 0. The topological polar surface area (TPSA) is 46.6 Å². The van der Waals surface area contributed by atoms with Crippen LogP contribution in [0.2, 0.25) is 0 Å². The molecule has 1 atom stereocenters. The molecule has 1 rings (SSSR count). The van der Waals surface area contributed by atoms with Gasteiger partial charge in [-0.05, 0) is 18.8 Å². The maximum Gasteiger partial charge on any atom is 0.310 e. The molecule has 0 aromatic rings. The number of carbonyl (C=O) groups is 2. The molecular formula is C10H13NO3. The lowest BCUT2D eigenvalue weighted by atomic mass is 9.98. The highest BCUT2D eigenvalue weighted by Crippen LogP contribution is 2.17. The molecular weight excluding hydrogens is 182 g/mol. The van der Waals surface area contributed by atoms with Crippen molar-refractivity contribution in [2.24, 2.45) is 5.92 Å². The average molecular weight is 195 g/mol. The molecule has 1 aliphatic heterocycles. The number of likely N-dealkylation sites (tertiary alicyclic amines) is 1. The Morgan fingerprint density at radius 3 is 2.86 bits per heavy atom. The van der Waals surface area contributed by atoms with Gasteiger partial charge in [0.05, 0.1) is 13.0 Å². The third kappa shape index (κ3) is 2.25. The predicted molar refractivity (Wildman–Crippen MR) is 50.2 cm³/mol. The quantitative estimate of drug-likeness (QED) is 0.438. The van der Waals surface area contributed by atoms with E-state index in [4.69, 9.17) is 6.42 Å². The molecule has 1 amide bonds. The lowest BCUT2D eigenvalue weighted by Gasteiger charge is -2.29. The maximum absolute atomic E-state index is 11.2. The third-order valence-electron chi connectivity index (χ3n) is 2.37. The molecule has 0 aromatic carbocycles. The van der Waals surface area contributed by atoms with Crippen molar-refractivity contribution in [1.29, 1.82) is 0 Å². The zero-order valence-electron chi connectivity index (χ0n) is 8.16. The smallest absolute Gasteiger partial charge is 0.310 e. The third-order valence-corrected chi connectivity index (χ3v) is 2.37. The highest BCUT2D eigenvalue weighted by molar-refractivity contribution is 5.93. The first-order chi connectivity index (χ1) is 6.69. The van der Waals surface area contributed by atoms with E-state index in [2.05, 4.69) is 4.74 Å². The predicted octanol–water partition coefficient (Wildman–Crippen LogP) is 0.0312. The molecule has 1 saturated heterocycles. The van der Waals surface area contributed by atoms with Crippen LogP contribution < -0.4 is 0 Å². The molecule has 4 heteroatoms. The number of methoxy groups -OCH3 is 1. The number of piperidine rings is 1. The minimum Gasteiger partial charge on any atom is -0.469 e. The largest absolute Gasteiger partial charge is 0.469 e. The highest BCUT2D eigenvalue weighted by Gasteiger charge is 2.28. The molecule has 1 aliphatic rings. The minimum absolute atomic E-state index is 0.217. The molecule has 0 N–H and O–H groups in total. The van der Waals surface area contributed by atoms with E-state index in [1.807, 2.05) is 5.92 Å². The van der Waals surface area contributed by atoms with Gasteiger partial charge in [0.25, 0.3) is 5.91 Å². The van der Waals surface area contributed by atoms with Crippen LogP contribution in [0.15, 0.2) is 0 Å². The van der Waals surface area contributed by atoms with Crippen molar-refractivity contribution >= 4 is 11.9 Å². The van der Waals surface area contributed by atoms with Gasteiger partial charge in [0.15, 0.2) is 0 Å². The summed E-state index contributed by atoms with van der Waals surface area (Å²) in [6.45, 7) is 1.02. The van der Waals surface area contributed by atoms with E-state index in [9.17, 15) is 9.59 Å². The highest BCUT2D eigenvalue weighted by atomic mass is 16.5. The fourth-order valence-electron chi connectivity index (χ4n) is 1.61. The lowest BCUT2D eigenvalue weighted by molar-refractivity contribution is -0.148. The number of esters is 1. The second-order valence-corrected chi connectivity index (χ2v) is 3.26. The number of nitrogens with zero attached hydrogens (tertiary/aromatic N) is 1. The van der Waals surface area contributed by atoms with Gasteiger partial charge in [0.1, 0.15) is 0 Å². The summed E-state index contributed by atoms with van der Waals surface area (Å²) in [5.74, 6) is 1.22. The molecule has 0 aromatic heterocycles. The van der Waals surface area contributed by atoms with Crippen LogP contribution in [0.25, 0.3) is 0 Å². The molecule has 0 saturated carbocycles. The van der Waals surface area contributed by atoms with Gasteiger partial charge in [0, 0.05) is 13.1 Å². The van der Waals surface area contributed by atoms with E-state index in [1.54, 1.807) is 0 Å². The van der Waals surface area contributed by atoms with Gasteiger partial charge in [-0.3, -0.25) is 9.59 Å². The fraction of sp³-hybridized carbons (Fsp3) is 0.600. The summed E-state index contributed by atoms with van der Waals surface area (Å²) < 4.78 is 4.62. The molecule has 1 heterocycles. The van der Waals surface area contributed by atoms with Crippen molar-refractivity contribution in [3.05, 3.63) is 0 Å². The number of amides is 1. The Morgan fingerprint density at radius 1 is 1.57 bits per heavy atom. The fourth-order valence-corrected chi connectivity index (χ4v) is 1.61. The first-order valence-corrected chi connectivity index (χ1v) is 4.52. The van der Waals surface area contributed by atoms with Crippen LogP contribution in [0.4, 0.5) is 0 Å². The Hall–Kier alpha value is -1.50. The van der Waals surface area contributed by atoms with Crippen LogP contribution in [-0.4, -0.2) is 37.0 Å². The molecule has 76 valence electrons. The van der Waals surface area contributed by atoms with E-state index < -0.39 is 0 Å². The van der Waals surface area contributed by atoms with Crippen molar-refractivity contribution in [2.75, 3.05) is 20.2 Å². The number of ether oxygens (including phenoxy) is 1. The molecule has 0 aliphatic carbocycles. The lowest BCUT2D eigenvalue weighted by Crippen LogP contribution is -2.42. The Bertz CT molecular complexity index is 280. The Kier molecular flexibility index (Phi) is 3.52. The van der Waals surface area contributed by atoms with Gasteiger partial charge in [-0.1, -0.05) is 0 Å². The second kappa shape index (κ2) is 4.66. The zero-order valence-corrected chi connectivity index (χ0v) is 8.16. The molecule has 0 unspecified atom stereocenters. The number of hydrogen-bond acceptors (Lipinski definition) is 3. The number of hydrogen-bond donors (Lipinski definition) is 0. The first-order valence-electron chi connectivity index (χ1n) is 4.52. The average Bonchev–Trinajstić information content (AvgIpc) is 2.27. The first kappa shape index (κ1) is 10.6. The van der Waals surface area contributed by atoms with Gasteiger partial charge in [-0.25, -0.2) is 0 Å². The number of terminal acetylenes is 1. The van der Waals surface area contributed by atoms with Crippen molar-refractivity contribution < 1.29 is 14.3 Å². The van der Waals surface area contributed by atoms with Gasteiger partial charge < -0.3 is 9.64 Å². The van der Waals surface area contributed by atoms with Crippen LogP contribution >= 0.6 is 0 Å². The van der Waals surface area contributed by atoms with E-state index in [0.717, 1.165) is 12.8 Å². The minimum atomic E-state index is -0.349. The molecule has 1 fully saturated rings. The van der Waals surface area contributed by atoms with Gasteiger partial charge in [-0.15, -0.1) is 6.42 Å². The van der Waals surface area contributed by atoms with E-state index >= 15 is 0 Å². The van der Waals surface area contributed by atoms with Crippen LogP contribution in [0.5, 0.6) is 0 Å².